The molecule has 1 amide bonds. The van der Waals surface area contributed by atoms with Crippen LogP contribution in [-0.4, -0.2) is 30.1 Å². The quantitative estimate of drug-likeness (QED) is 0.695. The topological polar surface area (TPSA) is 78.4 Å². The van der Waals surface area contributed by atoms with E-state index in [1.807, 2.05) is 18.2 Å². The van der Waals surface area contributed by atoms with Crippen molar-refractivity contribution >= 4 is 17.6 Å². The van der Waals surface area contributed by atoms with Crippen LogP contribution in [-0.2, 0) is 11.2 Å². The highest BCUT2D eigenvalue weighted by molar-refractivity contribution is 5.97. The van der Waals surface area contributed by atoms with Crippen LogP contribution in [0.1, 0.15) is 41.6 Å². The van der Waals surface area contributed by atoms with Crippen LogP contribution < -0.4 is 10.6 Å². The molecule has 5 nitrogen and oxygen atoms in total. The lowest BCUT2D eigenvalue weighted by atomic mass is 9.97. The molecule has 2 rings (SSSR count). The number of carboxylic acids is 1. The number of unbranched alkanes of at least 4 members (excludes halogenated alkanes) is 1. The molecule has 20 heavy (non-hydrogen) atoms. The Morgan fingerprint density at radius 3 is 2.95 bits per heavy atom. The van der Waals surface area contributed by atoms with E-state index in [1.165, 1.54) is 0 Å². The van der Waals surface area contributed by atoms with Gasteiger partial charge in [-0.15, -0.1) is 0 Å². The lowest BCUT2D eigenvalue weighted by Gasteiger charge is -2.20. The molecule has 0 saturated carbocycles. The number of aliphatic carboxylic acids is 1. The van der Waals surface area contributed by atoms with Crippen molar-refractivity contribution < 1.29 is 14.7 Å². The zero-order chi connectivity index (χ0) is 14.4. The van der Waals surface area contributed by atoms with Gasteiger partial charge in [0.25, 0.3) is 5.91 Å². The van der Waals surface area contributed by atoms with Crippen molar-refractivity contribution in [3.8, 4) is 0 Å². The number of hydrogen-bond donors (Lipinski definition) is 3. The van der Waals surface area contributed by atoms with Crippen molar-refractivity contribution in [1.29, 1.82) is 0 Å². The molecule has 0 spiro atoms. The molecule has 108 valence electrons. The summed E-state index contributed by atoms with van der Waals surface area (Å²) in [6.45, 7) is 1.47. The maximum absolute atomic E-state index is 12.2. The highest BCUT2D eigenvalue weighted by Gasteiger charge is 2.16. The summed E-state index contributed by atoms with van der Waals surface area (Å²) < 4.78 is 0. The second kappa shape index (κ2) is 6.93. The summed E-state index contributed by atoms with van der Waals surface area (Å²) >= 11 is 0. The molecule has 0 aromatic heterocycles. The van der Waals surface area contributed by atoms with Crippen LogP contribution >= 0.6 is 0 Å². The minimum atomic E-state index is -0.792. The van der Waals surface area contributed by atoms with Crippen molar-refractivity contribution in [2.75, 3.05) is 18.4 Å². The molecule has 1 aliphatic heterocycles. The summed E-state index contributed by atoms with van der Waals surface area (Å²) in [5, 5.41) is 14.7. The summed E-state index contributed by atoms with van der Waals surface area (Å²) in [6.07, 6.45) is 3.39. The van der Waals surface area contributed by atoms with E-state index in [-0.39, 0.29) is 12.3 Å². The molecule has 1 aromatic rings. The third-order valence-electron chi connectivity index (χ3n) is 3.44. The number of anilines is 1. The van der Waals surface area contributed by atoms with Gasteiger partial charge in [0, 0.05) is 30.8 Å². The minimum absolute atomic E-state index is 0.0686. The summed E-state index contributed by atoms with van der Waals surface area (Å²) in [5.41, 5.74) is 2.87. The lowest BCUT2D eigenvalue weighted by molar-refractivity contribution is -0.137. The molecule has 1 aromatic carbocycles. The molecule has 0 atom stereocenters. The van der Waals surface area contributed by atoms with Crippen LogP contribution in [0.2, 0.25) is 0 Å². The van der Waals surface area contributed by atoms with Gasteiger partial charge in [0.2, 0.25) is 0 Å². The Balaban J connectivity index is 1.88. The first-order valence-corrected chi connectivity index (χ1v) is 7.04. The number of amides is 1. The Hall–Kier alpha value is -2.04. The number of rotatable bonds is 6. The highest BCUT2D eigenvalue weighted by Crippen LogP contribution is 2.25. The van der Waals surface area contributed by atoms with E-state index < -0.39 is 5.97 Å². The second-order valence-corrected chi connectivity index (χ2v) is 4.97. The van der Waals surface area contributed by atoms with Crippen molar-refractivity contribution in [3.05, 3.63) is 29.3 Å². The molecular formula is C15H20N2O3. The van der Waals surface area contributed by atoms with E-state index in [9.17, 15) is 9.59 Å². The van der Waals surface area contributed by atoms with E-state index in [0.29, 0.717) is 19.4 Å². The zero-order valence-electron chi connectivity index (χ0n) is 11.4. The zero-order valence-corrected chi connectivity index (χ0v) is 11.4. The maximum Gasteiger partial charge on any atom is 0.303 e. The van der Waals surface area contributed by atoms with Gasteiger partial charge in [-0.2, -0.15) is 0 Å². The van der Waals surface area contributed by atoms with Crippen molar-refractivity contribution in [2.24, 2.45) is 0 Å². The molecule has 0 aliphatic carbocycles. The highest BCUT2D eigenvalue weighted by atomic mass is 16.4. The van der Waals surface area contributed by atoms with Gasteiger partial charge < -0.3 is 15.7 Å². The van der Waals surface area contributed by atoms with Crippen LogP contribution in [0.25, 0.3) is 0 Å². The van der Waals surface area contributed by atoms with Gasteiger partial charge in [0.1, 0.15) is 0 Å². The molecule has 0 fully saturated rings. The van der Waals surface area contributed by atoms with E-state index >= 15 is 0 Å². The molecule has 0 bridgehead atoms. The van der Waals surface area contributed by atoms with Gasteiger partial charge in [-0.1, -0.05) is 6.07 Å². The fourth-order valence-corrected chi connectivity index (χ4v) is 2.42. The summed E-state index contributed by atoms with van der Waals surface area (Å²) in [7, 11) is 0. The smallest absolute Gasteiger partial charge is 0.303 e. The largest absolute Gasteiger partial charge is 0.481 e. The summed E-state index contributed by atoms with van der Waals surface area (Å²) in [4.78, 5) is 22.5. The van der Waals surface area contributed by atoms with Crippen LogP contribution in [0.4, 0.5) is 5.69 Å². The first kappa shape index (κ1) is 14.4. The fraction of sp³-hybridized carbons (Fsp3) is 0.467. The first-order valence-electron chi connectivity index (χ1n) is 7.04. The predicted octanol–water partition coefficient (Wildman–Crippen LogP) is 2.03. The molecule has 0 saturated heterocycles. The van der Waals surface area contributed by atoms with Crippen LogP contribution in [0.5, 0.6) is 0 Å². The monoisotopic (exact) mass is 276 g/mol. The van der Waals surface area contributed by atoms with Crippen molar-refractivity contribution in [3.63, 3.8) is 0 Å². The standard InChI is InChI=1S/C15H20N2O3/c18-14(19)8-1-2-9-17-15(20)12-5-3-7-13-11(12)6-4-10-16-13/h3,5,7,16H,1-2,4,6,8-10H2,(H,17,20)(H,18,19). The van der Waals surface area contributed by atoms with E-state index in [1.54, 1.807) is 0 Å². The average molecular weight is 276 g/mol. The van der Waals surface area contributed by atoms with E-state index in [2.05, 4.69) is 10.6 Å². The minimum Gasteiger partial charge on any atom is -0.481 e. The first-order chi connectivity index (χ1) is 9.68. The summed E-state index contributed by atoms with van der Waals surface area (Å²) in [5.74, 6) is -0.861. The molecular weight excluding hydrogens is 256 g/mol. The molecule has 1 heterocycles. The Kier molecular flexibility index (Phi) is 4.98. The lowest BCUT2D eigenvalue weighted by Crippen LogP contribution is -2.27. The molecule has 0 radical (unpaired) electrons. The number of carboxylic acid groups (broad SMARTS) is 1. The number of carbonyl (C=O) groups excluding carboxylic acids is 1. The van der Waals surface area contributed by atoms with Crippen molar-refractivity contribution in [1.82, 2.24) is 5.32 Å². The fourth-order valence-electron chi connectivity index (χ4n) is 2.42. The Bertz CT molecular complexity index is 500. The van der Waals surface area contributed by atoms with Gasteiger partial charge in [0.15, 0.2) is 0 Å². The molecule has 5 heteroatoms. The third kappa shape index (κ3) is 3.73. The van der Waals surface area contributed by atoms with Gasteiger partial charge in [-0.3, -0.25) is 9.59 Å². The van der Waals surface area contributed by atoms with Crippen molar-refractivity contribution in [2.45, 2.75) is 32.1 Å². The number of carbonyl (C=O) groups is 2. The molecule has 1 aliphatic rings. The second-order valence-electron chi connectivity index (χ2n) is 4.97. The maximum atomic E-state index is 12.2. The third-order valence-corrected chi connectivity index (χ3v) is 3.44. The van der Waals surface area contributed by atoms with E-state index in [0.717, 1.165) is 36.2 Å². The van der Waals surface area contributed by atoms with Gasteiger partial charge in [-0.05, 0) is 43.4 Å². The molecule has 0 unspecified atom stereocenters. The Labute approximate surface area is 118 Å². The number of nitrogens with one attached hydrogen (secondary N) is 2. The normalized spacial score (nSPS) is 13.2. The molecule has 3 N–H and O–H groups in total. The van der Waals surface area contributed by atoms with Crippen LogP contribution in [0, 0.1) is 0 Å². The average Bonchev–Trinajstić information content (AvgIpc) is 2.45. The van der Waals surface area contributed by atoms with E-state index in [4.69, 9.17) is 5.11 Å². The Morgan fingerprint density at radius 1 is 1.30 bits per heavy atom. The van der Waals surface area contributed by atoms with Gasteiger partial charge in [0.05, 0.1) is 0 Å². The number of benzene rings is 1. The number of hydrogen-bond acceptors (Lipinski definition) is 3. The predicted molar refractivity (Wildman–Crippen MR) is 77.1 cm³/mol. The Morgan fingerprint density at radius 2 is 2.15 bits per heavy atom. The summed E-state index contributed by atoms with van der Waals surface area (Å²) in [6, 6.07) is 5.73. The van der Waals surface area contributed by atoms with Gasteiger partial charge >= 0.3 is 5.97 Å². The van der Waals surface area contributed by atoms with Crippen LogP contribution in [0.3, 0.4) is 0 Å². The van der Waals surface area contributed by atoms with Gasteiger partial charge in [-0.25, -0.2) is 0 Å². The van der Waals surface area contributed by atoms with Crippen LogP contribution in [0.15, 0.2) is 18.2 Å². The SMILES string of the molecule is O=C(O)CCCCNC(=O)c1cccc2c1CCCN2. The number of fused-ring (bicyclic) bond motifs is 1.